The maximum absolute atomic E-state index is 12.3. The van der Waals surface area contributed by atoms with Gasteiger partial charge in [0.05, 0.1) is 10.6 Å². The van der Waals surface area contributed by atoms with Crippen molar-refractivity contribution in [1.29, 1.82) is 0 Å². The van der Waals surface area contributed by atoms with Gasteiger partial charge >= 0.3 is 0 Å². The van der Waals surface area contributed by atoms with Crippen molar-refractivity contribution in [1.82, 2.24) is 10.6 Å². The van der Waals surface area contributed by atoms with E-state index in [9.17, 15) is 8.42 Å². The number of guanidine groups is 1. The highest BCUT2D eigenvalue weighted by molar-refractivity contribution is 7.91. The number of nitrogens with one attached hydrogen (secondary N) is 2. The van der Waals surface area contributed by atoms with Crippen LogP contribution in [0.2, 0.25) is 0 Å². The van der Waals surface area contributed by atoms with Crippen LogP contribution in [0.4, 0.5) is 0 Å². The van der Waals surface area contributed by atoms with E-state index in [0.717, 1.165) is 25.8 Å². The van der Waals surface area contributed by atoms with E-state index in [2.05, 4.69) is 22.5 Å². The first-order chi connectivity index (χ1) is 12.5. The molecule has 26 heavy (non-hydrogen) atoms. The van der Waals surface area contributed by atoms with Crippen molar-refractivity contribution >= 4 is 15.8 Å². The largest absolute Gasteiger partial charge is 0.396 e. The minimum Gasteiger partial charge on any atom is -0.396 e. The molecule has 0 aromatic heterocycles. The Morgan fingerprint density at radius 3 is 2.50 bits per heavy atom. The zero-order valence-electron chi connectivity index (χ0n) is 15.9. The molecule has 0 bridgehead atoms. The summed E-state index contributed by atoms with van der Waals surface area (Å²) < 4.78 is 24.5. The number of aliphatic hydroxyl groups is 1. The molecule has 1 atom stereocenters. The van der Waals surface area contributed by atoms with Gasteiger partial charge in [0, 0.05) is 26.2 Å². The van der Waals surface area contributed by atoms with Gasteiger partial charge in [0.15, 0.2) is 15.8 Å². The monoisotopic (exact) mass is 383 g/mol. The summed E-state index contributed by atoms with van der Waals surface area (Å²) in [7, 11) is -3.24. The van der Waals surface area contributed by atoms with E-state index >= 15 is 0 Å². The second kappa shape index (κ2) is 12.7. The summed E-state index contributed by atoms with van der Waals surface area (Å²) in [5, 5.41) is 15.5. The number of sulfone groups is 1. The molecule has 0 saturated carbocycles. The Kier molecular flexibility index (Phi) is 11.0. The Morgan fingerprint density at radius 2 is 1.88 bits per heavy atom. The van der Waals surface area contributed by atoms with Gasteiger partial charge in [-0.1, -0.05) is 31.5 Å². The molecule has 0 aliphatic rings. The Balaban J connectivity index is 2.49. The van der Waals surface area contributed by atoms with Gasteiger partial charge in [-0.15, -0.1) is 0 Å². The lowest BCUT2D eigenvalue weighted by Gasteiger charge is -2.15. The number of nitrogens with zero attached hydrogens (tertiary/aromatic N) is 1. The van der Waals surface area contributed by atoms with Gasteiger partial charge in [-0.05, 0) is 44.2 Å². The van der Waals surface area contributed by atoms with E-state index < -0.39 is 9.84 Å². The van der Waals surface area contributed by atoms with Crippen LogP contribution in [0, 0.1) is 5.92 Å². The number of hydrogen-bond donors (Lipinski definition) is 3. The summed E-state index contributed by atoms with van der Waals surface area (Å²) in [5.74, 6) is 1.18. The van der Waals surface area contributed by atoms with Crippen LogP contribution < -0.4 is 10.6 Å². The number of hydrogen-bond acceptors (Lipinski definition) is 4. The second-order valence-corrected chi connectivity index (χ2v) is 8.41. The van der Waals surface area contributed by atoms with Crippen LogP contribution in [-0.2, 0) is 9.84 Å². The molecule has 1 rings (SSSR count). The van der Waals surface area contributed by atoms with E-state index in [1.807, 2.05) is 13.0 Å². The summed E-state index contributed by atoms with van der Waals surface area (Å²) in [5.41, 5.74) is 0. The van der Waals surface area contributed by atoms with Crippen molar-refractivity contribution in [3.63, 3.8) is 0 Å². The summed E-state index contributed by atoms with van der Waals surface area (Å²) in [6.07, 6.45) is 3.38. The van der Waals surface area contributed by atoms with Gasteiger partial charge in [0.25, 0.3) is 0 Å². The number of rotatable bonds is 12. The lowest BCUT2D eigenvalue weighted by molar-refractivity contribution is 0.253. The molecule has 0 radical (unpaired) electrons. The molecule has 1 aromatic carbocycles. The third-order valence-corrected chi connectivity index (χ3v) is 5.89. The van der Waals surface area contributed by atoms with Gasteiger partial charge in [0.1, 0.15) is 0 Å². The van der Waals surface area contributed by atoms with Crippen molar-refractivity contribution in [3.8, 4) is 0 Å². The fraction of sp³-hybridized carbons (Fsp3) is 0.632. The van der Waals surface area contributed by atoms with Crippen molar-refractivity contribution < 1.29 is 13.5 Å². The average molecular weight is 384 g/mol. The first-order valence-corrected chi connectivity index (χ1v) is 11.1. The molecular formula is C19H33N3O3S. The van der Waals surface area contributed by atoms with Crippen molar-refractivity contribution in [3.05, 3.63) is 30.3 Å². The zero-order valence-corrected chi connectivity index (χ0v) is 16.8. The molecule has 148 valence electrons. The lowest BCUT2D eigenvalue weighted by Crippen LogP contribution is -2.38. The smallest absolute Gasteiger partial charge is 0.191 e. The first-order valence-electron chi connectivity index (χ1n) is 9.44. The van der Waals surface area contributed by atoms with Crippen molar-refractivity contribution in [2.75, 3.05) is 32.0 Å². The molecule has 0 fully saturated rings. The van der Waals surface area contributed by atoms with Crippen LogP contribution in [0.1, 0.15) is 39.5 Å². The summed E-state index contributed by atoms with van der Waals surface area (Å²) >= 11 is 0. The van der Waals surface area contributed by atoms with Crippen LogP contribution in [0.3, 0.4) is 0 Å². The van der Waals surface area contributed by atoms with Gasteiger partial charge in [-0.2, -0.15) is 0 Å². The third kappa shape index (κ3) is 8.67. The zero-order chi connectivity index (χ0) is 19.3. The minimum atomic E-state index is -3.24. The van der Waals surface area contributed by atoms with Crippen LogP contribution in [0.25, 0.3) is 0 Å². The predicted molar refractivity (Wildman–Crippen MR) is 107 cm³/mol. The van der Waals surface area contributed by atoms with Gasteiger partial charge in [-0.3, -0.25) is 4.99 Å². The topological polar surface area (TPSA) is 90.8 Å². The SMILES string of the molecule is CCCC(CCO)CN=C(NCC)NCCCS(=O)(=O)c1ccccc1. The molecule has 0 amide bonds. The Morgan fingerprint density at radius 1 is 1.15 bits per heavy atom. The van der Waals surface area contributed by atoms with Crippen molar-refractivity contribution in [2.24, 2.45) is 10.9 Å². The predicted octanol–water partition coefficient (Wildman–Crippen LogP) is 2.20. The normalized spacial score (nSPS) is 13.4. The van der Waals surface area contributed by atoms with Crippen LogP contribution >= 0.6 is 0 Å². The quantitative estimate of drug-likeness (QED) is 0.292. The highest BCUT2D eigenvalue weighted by Crippen LogP contribution is 2.12. The Hall–Kier alpha value is -1.60. The minimum absolute atomic E-state index is 0.104. The fourth-order valence-electron chi connectivity index (χ4n) is 2.69. The first kappa shape index (κ1) is 22.4. The second-order valence-electron chi connectivity index (χ2n) is 6.30. The molecule has 0 heterocycles. The number of aliphatic imine (C=N–C) groups is 1. The standard InChI is InChI=1S/C19H33N3O3S/c1-3-9-17(12-14-23)16-22-19(20-4-2)21-13-8-15-26(24,25)18-10-6-5-7-11-18/h5-7,10-11,17,23H,3-4,8-9,12-16H2,1-2H3,(H2,20,21,22). The average Bonchev–Trinajstić information content (AvgIpc) is 2.64. The molecule has 1 aromatic rings. The number of aliphatic hydroxyl groups excluding tert-OH is 1. The van der Waals surface area contributed by atoms with Gasteiger partial charge < -0.3 is 15.7 Å². The maximum atomic E-state index is 12.3. The molecule has 7 heteroatoms. The summed E-state index contributed by atoms with van der Waals surface area (Å²) in [4.78, 5) is 4.94. The lowest BCUT2D eigenvalue weighted by atomic mass is 10.0. The molecule has 0 spiro atoms. The van der Waals surface area contributed by atoms with Crippen LogP contribution in [0.5, 0.6) is 0 Å². The fourth-order valence-corrected chi connectivity index (χ4v) is 4.03. The molecule has 3 N–H and O–H groups in total. The Labute approximate surface area is 158 Å². The Bertz CT molecular complexity index is 612. The molecular weight excluding hydrogens is 350 g/mol. The highest BCUT2D eigenvalue weighted by atomic mass is 32.2. The third-order valence-electron chi connectivity index (χ3n) is 4.07. The van der Waals surface area contributed by atoms with Crippen LogP contribution in [0.15, 0.2) is 40.2 Å². The number of benzene rings is 1. The van der Waals surface area contributed by atoms with Crippen molar-refractivity contribution in [2.45, 2.75) is 44.4 Å². The van der Waals surface area contributed by atoms with E-state index in [-0.39, 0.29) is 12.4 Å². The maximum Gasteiger partial charge on any atom is 0.191 e. The van der Waals surface area contributed by atoms with Gasteiger partial charge in [-0.25, -0.2) is 8.42 Å². The molecule has 6 nitrogen and oxygen atoms in total. The molecule has 0 aliphatic carbocycles. The summed E-state index contributed by atoms with van der Waals surface area (Å²) in [6.45, 7) is 6.25. The summed E-state index contributed by atoms with van der Waals surface area (Å²) in [6, 6.07) is 8.54. The highest BCUT2D eigenvalue weighted by Gasteiger charge is 2.13. The molecule has 1 unspecified atom stereocenters. The van der Waals surface area contributed by atoms with Gasteiger partial charge in [0.2, 0.25) is 0 Å². The molecule has 0 aliphatic heterocycles. The van der Waals surface area contributed by atoms with E-state index in [0.29, 0.717) is 36.3 Å². The van der Waals surface area contributed by atoms with Crippen LogP contribution in [-0.4, -0.2) is 51.5 Å². The van der Waals surface area contributed by atoms with E-state index in [1.54, 1.807) is 24.3 Å². The van der Waals surface area contributed by atoms with E-state index in [4.69, 9.17) is 5.11 Å². The van der Waals surface area contributed by atoms with E-state index in [1.165, 1.54) is 0 Å². The molecule has 0 saturated heterocycles.